The molecule has 3 rings (SSSR count). The van der Waals surface area contributed by atoms with E-state index in [9.17, 15) is 14.7 Å². The molecule has 0 saturated heterocycles. The number of benzene rings is 2. The molecule has 24 heavy (non-hydrogen) atoms. The largest absolute Gasteiger partial charge is 0.490 e. The highest BCUT2D eigenvalue weighted by Crippen LogP contribution is 2.32. The number of carboxylic acid groups (broad SMARTS) is 1. The number of aromatic carboxylic acids is 1. The maximum atomic E-state index is 12.6. The van der Waals surface area contributed by atoms with E-state index in [0.29, 0.717) is 25.1 Å². The summed E-state index contributed by atoms with van der Waals surface area (Å²) in [4.78, 5) is 25.6. The van der Waals surface area contributed by atoms with Gasteiger partial charge in [0.2, 0.25) is 5.91 Å². The molecule has 5 heteroatoms. The molecule has 1 aliphatic rings. The molecule has 2 aromatic rings. The summed E-state index contributed by atoms with van der Waals surface area (Å²) >= 11 is 0. The van der Waals surface area contributed by atoms with E-state index >= 15 is 0 Å². The number of ether oxygens (including phenoxy) is 1. The quantitative estimate of drug-likeness (QED) is 0.938. The number of nitrogens with zero attached hydrogens (tertiary/aromatic N) is 1. The second-order valence-electron chi connectivity index (χ2n) is 5.83. The number of rotatable bonds is 4. The van der Waals surface area contributed by atoms with Gasteiger partial charge in [-0.05, 0) is 42.7 Å². The molecule has 2 aromatic carbocycles. The van der Waals surface area contributed by atoms with Gasteiger partial charge >= 0.3 is 5.97 Å². The summed E-state index contributed by atoms with van der Waals surface area (Å²) in [5.41, 5.74) is 2.79. The molecule has 0 aliphatic carbocycles. The maximum absolute atomic E-state index is 12.6. The van der Waals surface area contributed by atoms with Crippen LogP contribution < -0.4 is 9.64 Å². The SMILES string of the molecule is Cc1ccc2c(c1)OCCN2C(=O)CCc1ccccc1C(=O)O. The van der Waals surface area contributed by atoms with Crippen LogP contribution in [0.3, 0.4) is 0 Å². The minimum Gasteiger partial charge on any atom is -0.490 e. The molecule has 0 bridgehead atoms. The van der Waals surface area contributed by atoms with Gasteiger partial charge in [0.05, 0.1) is 17.8 Å². The summed E-state index contributed by atoms with van der Waals surface area (Å²) < 4.78 is 5.63. The van der Waals surface area contributed by atoms with Gasteiger partial charge in [-0.1, -0.05) is 24.3 Å². The van der Waals surface area contributed by atoms with Crippen LogP contribution in [0.15, 0.2) is 42.5 Å². The van der Waals surface area contributed by atoms with Gasteiger partial charge in [0, 0.05) is 6.42 Å². The molecular formula is C19H19NO4. The van der Waals surface area contributed by atoms with E-state index < -0.39 is 5.97 Å². The molecule has 0 spiro atoms. The molecule has 0 radical (unpaired) electrons. The van der Waals surface area contributed by atoms with Crippen molar-refractivity contribution >= 4 is 17.6 Å². The minimum atomic E-state index is -0.967. The Morgan fingerprint density at radius 2 is 2.00 bits per heavy atom. The van der Waals surface area contributed by atoms with Gasteiger partial charge in [0.25, 0.3) is 0 Å². The molecule has 1 N–H and O–H groups in total. The second kappa shape index (κ2) is 6.74. The van der Waals surface area contributed by atoms with Crippen LogP contribution in [0, 0.1) is 6.92 Å². The second-order valence-corrected chi connectivity index (χ2v) is 5.83. The number of fused-ring (bicyclic) bond motifs is 1. The van der Waals surface area contributed by atoms with Crippen molar-refractivity contribution < 1.29 is 19.4 Å². The van der Waals surface area contributed by atoms with Crippen LogP contribution in [0.1, 0.15) is 27.9 Å². The van der Waals surface area contributed by atoms with Gasteiger partial charge in [0.15, 0.2) is 0 Å². The Labute approximate surface area is 140 Å². The van der Waals surface area contributed by atoms with Crippen molar-refractivity contribution in [1.82, 2.24) is 0 Å². The molecule has 1 aliphatic heterocycles. The predicted molar refractivity (Wildman–Crippen MR) is 90.7 cm³/mol. The lowest BCUT2D eigenvalue weighted by atomic mass is 10.0. The zero-order chi connectivity index (χ0) is 17.1. The molecule has 0 aromatic heterocycles. The third-order valence-corrected chi connectivity index (χ3v) is 4.14. The van der Waals surface area contributed by atoms with Crippen molar-refractivity contribution in [2.45, 2.75) is 19.8 Å². The number of hydrogen-bond acceptors (Lipinski definition) is 3. The number of anilines is 1. The fourth-order valence-corrected chi connectivity index (χ4v) is 2.91. The fourth-order valence-electron chi connectivity index (χ4n) is 2.91. The number of amides is 1. The Balaban J connectivity index is 1.74. The minimum absolute atomic E-state index is 0.0244. The molecule has 0 saturated carbocycles. The third-order valence-electron chi connectivity index (χ3n) is 4.14. The van der Waals surface area contributed by atoms with E-state index in [4.69, 9.17) is 4.74 Å². The van der Waals surface area contributed by atoms with E-state index in [-0.39, 0.29) is 17.9 Å². The first-order valence-electron chi connectivity index (χ1n) is 7.91. The normalized spacial score (nSPS) is 13.1. The van der Waals surface area contributed by atoms with Crippen LogP contribution >= 0.6 is 0 Å². The van der Waals surface area contributed by atoms with Crippen LogP contribution in [0.2, 0.25) is 0 Å². The molecule has 124 valence electrons. The molecular weight excluding hydrogens is 306 g/mol. The van der Waals surface area contributed by atoms with Gasteiger partial charge in [-0.25, -0.2) is 4.79 Å². The summed E-state index contributed by atoms with van der Waals surface area (Å²) in [6, 6.07) is 12.6. The Bertz CT molecular complexity index is 785. The first kappa shape index (κ1) is 16.1. The molecule has 1 amide bonds. The summed E-state index contributed by atoms with van der Waals surface area (Å²) in [7, 11) is 0. The van der Waals surface area contributed by atoms with Gasteiger partial charge in [-0.2, -0.15) is 0 Å². The maximum Gasteiger partial charge on any atom is 0.335 e. The van der Waals surface area contributed by atoms with E-state index in [1.165, 1.54) is 0 Å². The number of carbonyl (C=O) groups excluding carboxylic acids is 1. The van der Waals surface area contributed by atoms with Crippen LogP contribution in [0.5, 0.6) is 5.75 Å². The fraction of sp³-hybridized carbons (Fsp3) is 0.263. The molecule has 0 unspecified atom stereocenters. The number of aryl methyl sites for hydroxylation is 2. The van der Waals surface area contributed by atoms with Crippen LogP contribution in [-0.2, 0) is 11.2 Å². The van der Waals surface area contributed by atoms with Crippen LogP contribution in [-0.4, -0.2) is 30.1 Å². The Hall–Kier alpha value is -2.82. The van der Waals surface area contributed by atoms with Crippen molar-refractivity contribution in [3.63, 3.8) is 0 Å². The Kier molecular flexibility index (Phi) is 4.51. The highest BCUT2D eigenvalue weighted by Gasteiger charge is 2.23. The van der Waals surface area contributed by atoms with Crippen molar-refractivity contribution in [3.05, 3.63) is 59.2 Å². The van der Waals surface area contributed by atoms with Crippen molar-refractivity contribution in [2.24, 2.45) is 0 Å². The molecule has 0 atom stereocenters. The highest BCUT2D eigenvalue weighted by molar-refractivity contribution is 5.96. The predicted octanol–water partition coefficient (Wildman–Crippen LogP) is 3.05. The summed E-state index contributed by atoms with van der Waals surface area (Å²) in [5.74, 6) is -0.269. The molecule has 0 fully saturated rings. The van der Waals surface area contributed by atoms with Crippen LogP contribution in [0.25, 0.3) is 0 Å². The standard InChI is InChI=1S/C19H19NO4/c1-13-6-8-16-17(12-13)24-11-10-20(16)18(21)9-7-14-4-2-3-5-15(14)19(22)23/h2-6,8,12H,7,9-11H2,1H3,(H,22,23). The molecule has 5 nitrogen and oxygen atoms in total. The first-order chi connectivity index (χ1) is 11.6. The van der Waals surface area contributed by atoms with E-state index in [1.54, 1.807) is 29.2 Å². The summed E-state index contributed by atoms with van der Waals surface area (Å²) in [5, 5.41) is 9.22. The van der Waals surface area contributed by atoms with Crippen molar-refractivity contribution in [1.29, 1.82) is 0 Å². The van der Waals surface area contributed by atoms with E-state index in [1.807, 2.05) is 25.1 Å². The Morgan fingerprint density at radius 1 is 1.21 bits per heavy atom. The molecule has 1 heterocycles. The average Bonchev–Trinajstić information content (AvgIpc) is 2.59. The Morgan fingerprint density at radius 3 is 2.79 bits per heavy atom. The van der Waals surface area contributed by atoms with E-state index in [0.717, 1.165) is 17.0 Å². The first-order valence-corrected chi connectivity index (χ1v) is 7.91. The van der Waals surface area contributed by atoms with Gasteiger partial charge in [-0.15, -0.1) is 0 Å². The monoisotopic (exact) mass is 325 g/mol. The van der Waals surface area contributed by atoms with Gasteiger partial charge in [0.1, 0.15) is 12.4 Å². The van der Waals surface area contributed by atoms with Gasteiger partial charge < -0.3 is 14.7 Å². The van der Waals surface area contributed by atoms with Gasteiger partial charge in [-0.3, -0.25) is 4.79 Å². The lowest BCUT2D eigenvalue weighted by Gasteiger charge is -2.30. The zero-order valence-electron chi connectivity index (χ0n) is 13.5. The van der Waals surface area contributed by atoms with Crippen molar-refractivity contribution in [3.8, 4) is 5.75 Å². The van der Waals surface area contributed by atoms with E-state index in [2.05, 4.69) is 0 Å². The number of carboxylic acids is 1. The lowest BCUT2D eigenvalue weighted by molar-refractivity contribution is -0.118. The summed E-state index contributed by atoms with van der Waals surface area (Å²) in [6.45, 7) is 2.95. The number of hydrogen-bond donors (Lipinski definition) is 1. The smallest absolute Gasteiger partial charge is 0.335 e. The lowest BCUT2D eigenvalue weighted by Crippen LogP contribution is -2.38. The van der Waals surface area contributed by atoms with Crippen molar-refractivity contribution in [2.75, 3.05) is 18.1 Å². The summed E-state index contributed by atoms with van der Waals surface area (Å²) in [6.07, 6.45) is 0.664. The zero-order valence-corrected chi connectivity index (χ0v) is 13.5. The highest BCUT2D eigenvalue weighted by atomic mass is 16.5. The third kappa shape index (κ3) is 3.25. The topological polar surface area (TPSA) is 66.8 Å². The van der Waals surface area contributed by atoms with Crippen LogP contribution in [0.4, 0.5) is 5.69 Å². The average molecular weight is 325 g/mol. The number of carbonyl (C=O) groups is 2.